The van der Waals surface area contributed by atoms with Crippen molar-refractivity contribution in [3.63, 3.8) is 0 Å². The van der Waals surface area contributed by atoms with Crippen LogP contribution in [0.4, 0.5) is 10.5 Å². The standard InChI is InChI=1S/C8H9IN4O/c1-8(9)5-4-11-3-2-6(5)12-7(14)13(8)10/h2-4H,10H2,1H3,(H,12,14). The summed E-state index contributed by atoms with van der Waals surface area (Å²) in [6.07, 6.45) is 3.35. The number of halogens is 1. The number of nitrogens with two attached hydrogens (primary N) is 1. The summed E-state index contributed by atoms with van der Waals surface area (Å²) >= 11 is 2.12. The number of carbonyl (C=O) groups is 1. The number of pyridine rings is 1. The van der Waals surface area contributed by atoms with Gasteiger partial charge in [-0.1, -0.05) is 0 Å². The Kier molecular flexibility index (Phi) is 2.11. The quantitative estimate of drug-likeness (QED) is 0.250. The summed E-state index contributed by atoms with van der Waals surface area (Å²) in [6, 6.07) is 1.46. The third-order valence-corrected chi connectivity index (χ3v) is 3.33. The molecule has 1 aliphatic heterocycles. The summed E-state index contributed by atoms with van der Waals surface area (Å²) in [5.41, 5.74) is 1.67. The second-order valence-electron chi connectivity index (χ2n) is 3.17. The van der Waals surface area contributed by atoms with E-state index >= 15 is 0 Å². The Morgan fingerprint density at radius 1 is 1.71 bits per heavy atom. The highest BCUT2D eigenvalue weighted by Gasteiger charge is 2.39. The van der Waals surface area contributed by atoms with E-state index < -0.39 is 3.55 Å². The van der Waals surface area contributed by atoms with Gasteiger partial charge in [0.1, 0.15) is 3.55 Å². The van der Waals surface area contributed by atoms with E-state index in [9.17, 15) is 4.79 Å². The molecule has 1 aliphatic rings. The summed E-state index contributed by atoms with van der Waals surface area (Å²) in [5.74, 6) is 5.66. The van der Waals surface area contributed by atoms with Crippen molar-refractivity contribution in [2.75, 3.05) is 5.32 Å². The zero-order valence-electron chi connectivity index (χ0n) is 7.49. The van der Waals surface area contributed by atoms with Crippen LogP contribution in [-0.4, -0.2) is 16.0 Å². The molecule has 0 spiro atoms. The van der Waals surface area contributed by atoms with Crippen molar-refractivity contribution in [3.8, 4) is 0 Å². The van der Waals surface area contributed by atoms with Crippen molar-refractivity contribution >= 4 is 34.3 Å². The van der Waals surface area contributed by atoms with Gasteiger partial charge in [-0.05, 0) is 35.6 Å². The number of alkyl halides is 1. The van der Waals surface area contributed by atoms with E-state index in [1.165, 1.54) is 0 Å². The molecule has 14 heavy (non-hydrogen) atoms. The van der Waals surface area contributed by atoms with Crippen LogP contribution in [0.2, 0.25) is 0 Å². The van der Waals surface area contributed by atoms with Gasteiger partial charge in [-0.25, -0.2) is 15.6 Å². The number of anilines is 1. The predicted octanol–water partition coefficient (Wildman–Crippen LogP) is 1.41. The molecule has 0 saturated carbocycles. The SMILES string of the molecule is CC1(I)c2cnccc2NC(=O)N1N. The molecular formula is C8H9IN4O. The van der Waals surface area contributed by atoms with E-state index in [1.807, 2.05) is 6.92 Å². The van der Waals surface area contributed by atoms with Crippen LogP contribution in [0.3, 0.4) is 0 Å². The lowest BCUT2D eigenvalue weighted by atomic mass is 10.1. The molecule has 0 radical (unpaired) electrons. The third kappa shape index (κ3) is 1.25. The first-order chi connectivity index (χ1) is 6.53. The average Bonchev–Trinajstić information content (AvgIpc) is 2.15. The van der Waals surface area contributed by atoms with Crippen LogP contribution in [0, 0.1) is 0 Å². The molecule has 2 rings (SSSR count). The Hall–Kier alpha value is -0.890. The highest BCUT2D eigenvalue weighted by atomic mass is 127. The number of carbonyl (C=O) groups excluding carboxylic acids is 1. The van der Waals surface area contributed by atoms with Crippen molar-refractivity contribution in [2.24, 2.45) is 5.84 Å². The maximum Gasteiger partial charge on any atom is 0.337 e. The molecule has 0 aliphatic carbocycles. The summed E-state index contributed by atoms with van der Waals surface area (Å²) in [6.45, 7) is 1.87. The first-order valence-corrected chi connectivity index (χ1v) is 5.10. The van der Waals surface area contributed by atoms with Gasteiger partial charge in [0, 0.05) is 18.0 Å². The average molecular weight is 304 g/mol. The van der Waals surface area contributed by atoms with Gasteiger partial charge in [0.05, 0.1) is 5.69 Å². The second-order valence-corrected chi connectivity index (χ2v) is 5.28. The number of hydrogen-bond acceptors (Lipinski definition) is 3. The van der Waals surface area contributed by atoms with Gasteiger partial charge in [0.2, 0.25) is 0 Å². The highest BCUT2D eigenvalue weighted by Crippen LogP contribution is 2.40. The van der Waals surface area contributed by atoms with Crippen molar-refractivity contribution in [2.45, 2.75) is 10.5 Å². The van der Waals surface area contributed by atoms with E-state index in [0.29, 0.717) is 0 Å². The number of aromatic nitrogens is 1. The fourth-order valence-corrected chi connectivity index (χ4v) is 2.01. The summed E-state index contributed by atoms with van der Waals surface area (Å²) in [4.78, 5) is 15.5. The maximum atomic E-state index is 11.4. The van der Waals surface area contributed by atoms with Gasteiger partial charge >= 0.3 is 6.03 Å². The van der Waals surface area contributed by atoms with E-state index in [0.717, 1.165) is 16.3 Å². The van der Waals surface area contributed by atoms with Crippen LogP contribution in [-0.2, 0) is 3.55 Å². The first-order valence-electron chi connectivity index (χ1n) is 4.03. The minimum atomic E-state index is -0.552. The van der Waals surface area contributed by atoms with Crippen LogP contribution in [0.15, 0.2) is 18.5 Å². The van der Waals surface area contributed by atoms with Gasteiger partial charge in [0.25, 0.3) is 0 Å². The van der Waals surface area contributed by atoms with E-state index in [4.69, 9.17) is 5.84 Å². The number of rotatable bonds is 0. The molecule has 74 valence electrons. The van der Waals surface area contributed by atoms with Gasteiger partial charge in [-0.3, -0.25) is 4.98 Å². The van der Waals surface area contributed by atoms with Crippen molar-refractivity contribution in [1.82, 2.24) is 9.99 Å². The highest BCUT2D eigenvalue weighted by molar-refractivity contribution is 14.1. The summed E-state index contributed by atoms with van der Waals surface area (Å²) in [5, 5.41) is 3.85. The van der Waals surface area contributed by atoms with Crippen molar-refractivity contribution in [1.29, 1.82) is 0 Å². The zero-order chi connectivity index (χ0) is 10.3. The van der Waals surface area contributed by atoms with Gasteiger partial charge < -0.3 is 5.32 Å². The Morgan fingerprint density at radius 3 is 3.14 bits per heavy atom. The smallest absolute Gasteiger partial charge is 0.306 e. The number of hydrogen-bond donors (Lipinski definition) is 2. The molecule has 1 aromatic rings. The van der Waals surface area contributed by atoms with Crippen LogP contribution in [0.25, 0.3) is 0 Å². The molecule has 3 N–H and O–H groups in total. The Bertz CT molecular complexity index is 393. The monoisotopic (exact) mass is 304 g/mol. The van der Waals surface area contributed by atoms with E-state index in [-0.39, 0.29) is 6.03 Å². The number of nitrogens with zero attached hydrogens (tertiary/aromatic N) is 2. The number of fused-ring (bicyclic) bond motifs is 1. The normalized spacial score (nSPS) is 25.6. The molecule has 5 nitrogen and oxygen atoms in total. The lowest BCUT2D eigenvalue weighted by Crippen LogP contribution is -2.53. The second kappa shape index (κ2) is 3.06. The lowest BCUT2D eigenvalue weighted by Gasteiger charge is -2.38. The molecule has 0 aromatic carbocycles. The molecule has 1 aromatic heterocycles. The topological polar surface area (TPSA) is 71.2 Å². The van der Waals surface area contributed by atoms with Crippen molar-refractivity contribution < 1.29 is 4.79 Å². The van der Waals surface area contributed by atoms with Crippen LogP contribution in [0.5, 0.6) is 0 Å². The van der Waals surface area contributed by atoms with Gasteiger partial charge in [0.15, 0.2) is 0 Å². The first kappa shape index (κ1) is 9.66. The fraction of sp³-hybridized carbons (Fsp3) is 0.250. The molecule has 2 heterocycles. The van der Waals surface area contributed by atoms with E-state index in [2.05, 4.69) is 32.9 Å². The Balaban J connectivity index is 2.59. The predicted molar refractivity (Wildman–Crippen MR) is 60.7 cm³/mol. The molecule has 1 unspecified atom stereocenters. The Morgan fingerprint density at radius 2 is 2.43 bits per heavy atom. The summed E-state index contributed by atoms with van der Waals surface area (Å²) < 4.78 is -0.552. The van der Waals surface area contributed by atoms with E-state index in [1.54, 1.807) is 18.5 Å². The van der Waals surface area contributed by atoms with Crippen LogP contribution < -0.4 is 11.2 Å². The molecular weight excluding hydrogens is 295 g/mol. The molecule has 0 saturated heterocycles. The fourth-order valence-electron chi connectivity index (χ4n) is 1.36. The van der Waals surface area contributed by atoms with Crippen molar-refractivity contribution in [3.05, 3.63) is 24.0 Å². The lowest BCUT2D eigenvalue weighted by molar-refractivity contribution is 0.185. The third-order valence-electron chi connectivity index (χ3n) is 2.23. The van der Waals surface area contributed by atoms with Crippen LogP contribution in [0.1, 0.15) is 12.5 Å². The van der Waals surface area contributed by atoms with Gasteiger partial charge in [-0.2, -0.15) is 0 Å². The largest absolute Gasteiger partial charge is 0.337 e. The number of hydrazine groups is 1. The number of urea groups is 1. The Labute approximate surface area is 94.8 Å². The molecule has 1 atom stereocenters. The van der Waals surface area contributed by atoms with Crippen LogP contribution >= 0.6 is 22.6 Å². The number of nitrogens with one attached hydrogen (secondary N) is 1. The van der Waals surface area contributed by atoms with Gasteiger partial charge in [-0.15, -0.1) is 0 Å². The molecule has 2 amide bonds. The molecule has 0 bridgehead atoms. The minimum Gasteiger partial charge on any atom is -0.306 e. The molecule has 6 heteroatoms. The number of amides is 2. The molecule has 0 fully saturated rings. The minimum absolute atomic E-state index is 0.305. The maximum absolute atomic E-state index is 11.4. The summed E-state index contributed by atoms with van der Waals surface area (Å²) in [7, 11) is 0. The zero-order valence-corrected chi connectivity index (χ0v) is 9.65.